The second kappa shape index (κ2) is 7.53. The lowest BCUT2D eigenvalue weighted by molar-refractivity contribution is 0.248. The number of hydrogen-bond donors (Lipinski definition) is 2. The monoisotopic (exact) mass is 349 g/mol. The number of anilines is 1. The Kier molecular flexibility index (Phi) is 5.66. The summed E-state index contributed by atoms with van der Waals surface area (Å²) >= 11 is 0. The molecular formula is C17H23N3O3S. The van der Waals surface area contributed by atoms with Gasteiger partial charge in [0.2, 0.25) is 0 Å². The molecule has 7 heteroatoms. The van der Waals surface area contributed by atoms with Crippen LogP contribution in [0.1, 0.15) is 19.0 Å². The molecule has 0 aliphatic carbocycles. The van der Waals surface area contributed by atoms with Gasteiger partial charge in [0.15, 0.2) is 9.84 Å². The first-order valence-electron chi connectivity index (χ1n) is 7.74. The molecule has 6 nitrogen and oxygen atoms in total. The van der Waals surface area contributed by atoms with E-state index >= 15 is 0 Å². The van der Waals surface area contributed by atoms with Crippen molar-refractivity contribution in [1.29, 1.82) is 0 Å². The van der Waals surface area contributed by atoms with Crippen molar-refractivity contribution < 1.29 is 13.2 Å². The van der Waals surface area contributed by atoms with Crippen molar-refractivity contribution in [2.45, 2.75) is 30.7 Å². The normalized spacial score (nSPS) is 12.6. The van der Waals surface area contributed by atoms with Gasteiger partial charge in [0.1, 0.15) is 0 Å². The number of amides is 2. The summed E-state index contributed by atoms with van der Waals surface area (Å²) in [4.78, 5) is 12.2. The number of sulfone groups is 1. The molecule has 0 bridgehead atoms. The first kappa shape index (κ1) is 18.1. The molecule has 2 rings (SSSR count). The van der Waals surface area contributed by atoms with Gasteiger partial charge in [0, 0.05) is 31.2 Å². The first-order chi connectivity index (χ1) is 11.3. The van der Waals surface area contributed by atoms with Gasteiger partial charge in [-0.05, 0) is 44.0 Å². The topological polar surface area (TPSA) is 80.2 Å². The fourth-order valence-corrected chi connectivity index (χ4v) is 3.31. The number of carbonyl (C=O) groups excluding carboxylic acids is 1. The minimum absolute atomic E-state index is 0.0368. The summed E-state index contributed by atoms with van der Waals surface area (Å²) in [5, 5.41) is 5.45. The van der Waals surface area contributed by atoms with E-state index < -0.39 is 15.9 Å². The summed E-state index contributed by atoms with van der Waals surface area (Å²) < 4.78 is 25.5. The standard InChI is InChI=1S/C17H23N3O3S/c1-13(10-11-14-7-6-12-20(14)2)18-17(21)19-15-8-4-5-9-16(15)24(3,22)23/h4-9,12-13H,10-11H2,1-3H3,(H2,18,19,21)/t13-/m0/s1. The quantitative estimate of drug-likeness (QED) is 0.841. The number of urea groups is 1. The molecule has 0 unspecified atom stereocenters. The molecule has 24 heavy (non-hydrogen) atoms. The molecule has 1 aromatic carbocycles. The second-order valence-corrected chi connectivity index (χ2v) is 7.90. The highest BCUT2D eigenvalue weighted by molar-refractivity contribution is 7.90. The average molecular weight is 349 g/mol. The summed E-state index contributed by atoms with van der Waals surface area (Å²) in [6.07, 6.45) is 4.75. The van der Waals surface area contributed by atoms with E-state index in [1.165, 1.54) is 11.8 Å². The van der Waals surface area contributed by atoms with Crippen molar-refractivity contribution in [2.24, 2.45) is 7.05 Å². The lowest BCUT2D eigenvalue weighted by Gasteiger charge is -2.16. The maximum Gasteiger partial charge on any atom is 0.319 e. The van der Waals surface area contributed by atoms with Crippen LogP contribution in [-0.2, 0) is 23.3 Å². The molecule has 1 atom stereocenters. The van der Waals surface area contributed by atoms with Crippen LogP contribution in [0, 0.1) is 0 Å². The Morgan fingerprint density at radius 2 is 1.92 bits per heavy atom. The summed E-state index contributed by atoms with van der Waals surface area (Å²) in [7, 11) is -1.41. The summed E-state index contributed by atoms with van der Waals surface area (Å²) in [6.45, 7) is 1.92. The number of carbonyl (C=O) groups is 1. The van der Waals surface area contributed by atoms with E-state index in [1.54, 1.807) is 18.2 Å². The highest BCUT2D eigenvalue weighted by Gasteiger charge is 2.15. The smallest absolute Gasteiger partial charge is 0.319 e. The van der Waals surface area contributed by atoms with E-state index in [9.17, 15) is 13.2 Å². The predicted molar refractivity (Wildman–Crippen MR) is 94.9 cm³/mol. The zero-order valence-electron chi connectivity index (χ0n) is 14.1. The molecule has 0 radical (unpaired) electrons. The summed E-state index contributed by atoms with van der Waals surface area (Å²) in [5.74, 6) is 0. The van der Waals surface area contributed by atoms with Gasteiger partial charge in [0.05, 0.1) is 10.6 Å². The number of nitrogens with zero attached hydrogens (tertiary/aromatic N) is 1. The van der Waals surface area contributed by atoms with E-state index in [0.29, 0.717) is 0 Å². The zero-order chi connectivity index (χ0) is 17.7. The Morgan fingerprint density at radius 3 is 2.54 bits per heavy atom. The van der Waals surface area contributed by atoms with Crippen molar-refractivity contribution >= 4 is 21.6 Å². The molecule has 2 aromatic rings. The number of nitrogens with one attached hydrogen (secondary N) is 2. The van der Waals surface area contributed by atoms with E-state index in [1.807, 2.05) is 26.2 Å². The zero-order valence-corrected chi connectivity index (χ0v) is 14.9. The van der Waals surface area contributed by atoms with Crippen molar-refractivity contribution in [1.82, 2.24) is 9.88 Å². The van der Waals surface area contributed by atoms with Crippen LogP contribution in [0.3, 0.4) is 0 Å². The van der Waals surface area contributed by atoms with E-state index in [4.69, 9.17) is 0 Å². The Hall–Kier alpha value is -2.28. The number of benzene rings is 1. The summed E-state index contributed by atoms with van der Waals surface area (Å²) in [5.41, 5.74) is 1.48. The van der Waals surface area contributed by atoms with Crippen molar-refractivity contribution in [2.75, 3.05) is 11.6 Å². The molecule has 0 spiro atoms. The highest BCUT2D eigenvalue weighted by Crippen LogP contribution is 2.20. The lowest BCUT2D eigenvalue weighted by atomic mass is 10.1. The van der Waals surface area contributed by atoms with Gasteiger partial charge in [0.25, 0.3) is 0 Å². The minimum atomic E-state index is -3.40. The molecular weight excluding hydrogens is 326 g/mol. The molecule has 2 amide bonds. The molecule has 0 aliphatic rings. The Labute approximate surface area is 142 Å². The Morgan fingerprint density at radius 1 is 1.21 bits per heavy atom. The van der Waals surface area contributed by atoms with Crippen molar-refractivity contribution in [3.63, 3.8) is 0 Å². The van der Waals surface area contributed by atoms with Crippen LogP contribution < -0.4 is 10.6 Å². The van der Waals surface area contributed by atoms with Gasteiger partial charge in [-0.2, -0.15) is 0 Å². The Bertz CT molecular complexity index is 812. The van der Waals surface area contributed by atoms with Crippen LogP contribution in [0.15, 0.2) is 47.5 Å². The van der Waals surface area contributed by atoms with Crippen LogP contribution in [0.4, 0.5) is 10.5 Å². The van der Waals surface area contributed by atoms with Crippen LogP contribution in [0.5, 0.6) is 0 Å². The third-order valence-corrected chi connectivity index (χ3v) is 4.95. The number of aryl methyl sites for hydroxylation is 2. The second-order valence-electron chi connectivity index (χ2n) is 5.92. The van der Waals surface area contributed by atoms with Gasteiger partial charge in [-0.25, -0.2) is 13.2 Å². The third kappa shape index (κ3) is 4.86. The van der Waals surface area contributed by atoms with Crippen LogP contribution in [0.2, 0.25) is 0 Å². The molecule has 0 saturated heterocycles. The molecule has 130 valence electrons. The van der Waals surface area contributed by atoms with Gasteiger partial charge >= 0.3 is 6.03 Å². The van der Waals surface area contributed by atoms with Crippen LogP contribution >= 0.6 is 0 Å². The van der Waals surface area contributed by atoms with E-state index in [0.717, 1.165) is 19.1 Å². The number of para-hydroxylation sites is 1. The van der Waals surface area contributed by atoms with Crippen LogP contribution in [-0.4, -0.2) is 31.3 Å². The van der Waals surface area contributed by atoms with Gasteiger partial charge in [-0.3, -0.25) is 0 Å². The highest BCUT2D eigenvalue weighted by atomic mass is 32.2. The van der Waals surface area contributed by atoms with Gasteiger partial charge in [-0.15, -0.1) is 0 Å². The Balaban J connectivity index is 1.93. The van der Waals surface area contributed by atoms with Gasteiger partial charge < -0.3 is 15.2 Å². The molecule has 2 N–H and O–H groups in total. The fourth-order valence-electron chi connectivity index (χ4n) is 2.47. The molecule has 1 heterocycles. The lowest BCUT2D eigenvalue weighted by Crippen LogP contribution is -2.36. The predicted octanol–water partition coefficient (Wildman–Crippen LogP) is 2.57. The van der Waals surface area contributed by atoms with E-state index in [2.05, 4.69) is 21.3 Å². The minimum Gasteiger partial charge on any atom is -0.354 e. The average Bonchev–Trinajstić information content (AvgIpc) is 2.89. The third-order valence-electron chi connectivity index (χ3n) is 3.80. The van der Waals surface area contributed by atoms with E-state index in [-0.39, 0.29) is 16.6 Å². The van der Waals surface area contributed by atoms with Crippen molar-refractivity contribution in [3.8, 4) is 0 Å². The largest absolute Gasteiger partial charge is 0.354 e. The number of rotatable bonds is 6. The van der Waals surface area contributed by atoms with Crippen LogP contribution in [0.25, 0.3) is 0 Å². The molecule has 0 aliphatic heterocycles. The molecule has 0 saturated carbocycles. The number of hydrogen-bond acceptors (Lipinski definition) is 3. The SMILES string of the molecule is C[C@@H](CCc1cccn1C)NC(=O)Nc1ccccc1S(C)(=O)=O. The molecule has 0 fully saturated rings. The molecule has 1 aromatic heterocycles. The fraction of sp³-hybridized carbons (Fsp3) is 0.353. The maximum absolute atomic E-state index is 12.1. The first-order valence-corrected chi connectivity index (χ1v) is 9.63. The number of aromatic nitrogens is 1. The van der Waals surface area contributed by atoms with Crippen molar-refractivity contribution in [3.05, 3.63) is 48.3 Å². The van der Waals surface area contributed by atoms with Gasteiger partial charge in [-0.1, -0.05) is 12.1 Å². The summed E-state index contributed by atoms with van der Waals surface area (Å²) in [6, 6.07) is 9.95. The maximum atomic E-state index is 12.1.